The molecule has 1 N–H and O–H groups in total. The van der Waals surface area contributed by atoms with Crippen LogP contribution in [0.15, 0.2) is 47.0 Å². The first-order valence-electron chi connectivity index (χ1n) is 8.29. The normalized spacial score (nSPS) is 20.2. The van der Waals surface area contributed by atoms with Crippen molar-refractivity contribution >= 4 is 5.82 Å². The van der Waals surface area contributed by atoms with Crippen molar-refractivity contribution in [2.75, 3.05) is 11.4 Å². The van der Waals surface area contributed by atoms with Crippen molar-refractivity contribution in [3.63, 3.8) is 0 Å². The van der Waals surface area contributed by atoms with E-state index in [4.69, 9.17) is 4.42 Å². The lowest BCUT2D eigenvalue weighted by atomic mass is 10.1. The van der Waals surface area contributed by atoms with Gasteiger partial charge in [-0.1, -0.05) is 30.3 Å². The highest BCUT2D eigenvalue weighted by Gasteiger charge is 2.36. The number of aryl methyl sites for hydroxylation is 1. The Bertz CT molecular complexity index is 851. The van der Waals surface area contributed by atoms with Crippen LogP contribution in [0.3, 0.4) is 0 Å². The summed E-state index contributed by atoms with van der Waals surface area (Å²) < 4.78 is 5.57. The van der Waals surface area contributed by atoms with Crippen LogP contribution < -0.4 is 4.90 Å². The summed E-state index contributed by atoms with van der Waals surface area (Å²) in [7, 11) is 0. The Hall–Kier alpha value is -2.80. The van der Waals surface area contributed by atoms with Crippen LogP contribution in [0.1, 0.15) is 35.6 Å². The molecule has 2 aromatic heterocycles. The molecular weight excluding hydrogens is 318 g/mol. The first-order chi connectivity index (χ1) is 12.2. The van der Waals surface area contributed by atoms with Gasteiger partial charge in [0.1, 0.15) is 17.7 Å². The van der Waals surface area contributed by atoms with Crippen LogP contribution in [0.4, 0.5) is 5.82 Å². The second-order valence-electron chi connectivity index (χ2n) is 6.21. The number of hydrogen-bond acceptors (Lipinski definition) is 7. The van der Waals surface area contributed by atoms with Gasteiger partial charge in [0, 0.05) is 32.5 Å². The van der Waals surface area contributed by atoms with E-state index in [2.05, 4.69) is 32.3 Å². The van der Waals surface area contributed by atoms with Gasteiger partial charge in [-0.05, 0) is 11.6 Å². The van der Waals surface area contributed by atoms with E-state index in [1.807, 2.05) is 29.2 Å². The van der Waals surface area contributed by atoms with Gasteiger partial charge < -0.3 is 14.4 Å². The molecule has 0 amide bonds. The molecule has 128 valence electrons. The van der Waals surface area contributed by atoms with Crippen LogP contribution in [0.5, 0.6) is 0 Å². The van der Waals surface area contributed by atoms with Gasteiger partial charge in [-0.15, -0.1) is 10.2 Å². The molecule has 7 heteroatoms. The monoisotopic (exact) mass is 337 g/mol. The fraction of sp³-hybridized carbons (Fsp3) is 0.333. The lowest BCUT2D eigenvalue weighted by Gasteiger charge is -2.23. The van der Waals surface area contributed by atoms with Crippen LogP contribution in [0.25, 0.3) is 0 Å². The molecule has 4 rings (SSSR count). The summed E-state index contributed by atoms with van der Waals surface area (Å²) in [6.07, 6.45) is 2.50. The zero-order valence-electron chi connectivity index (χ0n) is 13.9. The number of aromatic nitrogens is 4. The summed E-state index contributed by atoms with van der Waals surface area (Å²) in [6.45, 7) is 2.24. The minimum absolute atomic E-state index is 0.171. The number of aliphatic hydroxyl groups is 1. The van der Waals surface area contributed by atoms with Gasteiger partial charge in [0.05, 0.1) is 6.10 Å². The van der Waals surface area contributed by atoms with E-state index < -0.39 is 6.10 Å². The van der Waals surface area contributed by atoms with E-state index >= 15 is 0 Å². The van der Waals surface area contributed by atoms with Crippen molar-refractivity contribution in [2.24, 2.45) is 0 Å². The highest BCUT2D eigenvalue weighted by Crippen LogP contribution is 2.34. The van der Waals surface area contributed by atoms with Crippen molar-refractivity contribution < 1.29 is 9.52 Å². The molecule has 3 heterocycles. The first-order valence-corrected chi connectivity index (χ1v) is 8.29. The molecule has 1 fully saturated rings. The van der Waals surface area contributed by atoms with Gasteiger partial charge in [-0.2, -0.15) is 0 Å². The van der Waals surface area contributed by atoms with Gasteiger partial charge in [0.25, 0.3) is 0 Å². The van der Waals surface area contributed by atoms with Crippen molar-refractivity contribution in [2.45, 2.75) is 31.9 Å². The lowest BCUT2D eigenvalue weighted by molar-refractivity contribution is 0.192. The standard InChI is InChI=1S/C18H19N5O2/c1-12-21-22-18(25-12)15-10-14(24)11-23(15)17-7-8-19-16(20-17)9-13-5-3-2-4-6-13/h2-8,14-15,24H,9-11H2,1H3/t14-,15-/m1/s1. The van der Waals surface area contributed by atoms with Crippen LogP contribution in [0.2, 0.25) is 0 Å². The Morgan fingerprint density at radius 1 is 1.20 bits per heavy atom. The molecule has 0 unspecified atom stereocenters. The van der Waals surface area contributed by atoms with E-state index in [1.54, 1.807) is 13.1 Å². The Labute approximate surface area is 145 Å². The van der Waals surface area contributed by atoms with Crippen LogP contribution in [-0.4, -0.2) is 37.9 Å². The highest BCUT2D eigenvalue weighted by atomic mass is 16.4. The molecule has 3 aromatic rings. The van der Waals surface area contributed by atoms with Gasteiger partial charge >= 0.3 is 0 Å². The molecule has 0 bridgehead atoms. The van der Waals surface area contributed by atoms with Crippen LogP contribution >= 0.6 is 0 Å². The molecule has 0 aliphatic carbocycles. The quantitative estimate of drug-likeness (QED) is 0.779. The lowest BCUT2D eigenvalue weighted by Crippen LogP contribution is -2.26. The van der Waals surface area contributed by atoms with Crippen molar-refractivity contribution in [1.29, 1.82) is 0 Å². The summed E-state index contributed by atoms with van der Waals surface area (Å²) in [6, 6.07) is 11.8. The van der Waals surface area contributed by atoms with Gasteiger partial charge in [0.15, 0.2) is 0 Å². The number of hydrogen-bond donors (Lipinski definition) is 1. The number of benzene rings is 1. The second kappa shape index (κ2) is 6.60. The molecule has 2 atom stereocenters. The van der Waals surface area contributed by atoms with Crippen molar-refractivity contribution in [3.8, 4) is 0 Å². The maximum Gasteiger partial charge on any atom is 0.238 e. The molecule has 0 spiro atoms. The van der Waals surface area contributed by atoms with E-state index in [-0.39, 0.29) is 6.04 Å². The minimum atomic E-state index is -0.454. The van der Waals surface area contributed by atoms with Crippen LogP contribution in [0, 0.1) is 6.92 Å². The Morgan fingerprint density at radius 2 is 2.04 bits per heavy atom. The molecule has 1 aliphatic heterocycles. The predicted octanol–water partition coefficient (Wildman–Crippen LogP) is 2.07. The van der Waals surface area contributed by atoms with Gasteiger partial charge in [-0.3, -0.25) is 0 Å². The zero-order chi connectivity index (χ0) is 17.2. The molecule has 25 heavy (non-hydrogen) atoms. The minimum Gasteiger partial charge on any atom is -0.423 e. The highest BCUT2D eigenvalue weighted by molar-refractivity contribution is 5.42. The topological polar surface area (TPSA) is 88.2 Å². The molecule has 0 saturated carbocycles. The Balaban J connectivity index is 1.60. The molecule has 1 aromatic carbocycles. The maximum atomic E-state index is 10.1. The summed E-state index contributed by atoms with van der Waals surface area (Å²) in [5.41, 5.74) is 1.16. The van der Waals surface area contributed by atoms with Crippen molar-refractivity contribution in [1.82, 2.24) is 20.2 Å². The van der Waals surface area contributed by atoms with Crippen LogP contribution in [-0.2, 0) is 6.42 Å². The fourth-order valence-corrected chi connectivity index (χ4v) is 3.16. The number of anilines is 1. The van der Waals surface area contributed by atoms with Crippen molar-refractivity contribution in [3.05, 3.63) is 65.8 Å². The molecule has 7 nitrogen and oxygen atoms in total. The molecule has 0 radical (unpaired) electrons. The summed E-state index contributed by atoms with van der Waals surface area (Å²) in [5, 5.41) is 18.1. The first kappa shape index (κ1) is 15.7. The third-order valence-corrected chi connectivity index (χ3v) is 4.30. The number of β-amino-alcohol motifs (C(OH)–C–C–N with tert-alkyl or cyclic N) is 1. The summed E-state index contributed by atoms with van der Waals surface area (Å²) in [5.74, 6) is 2.53. The summed E-state index contributed by atoms with van der Waals surface area (Å²) in [4.78, 5) is 11.1. The number of rotatable bonds is 4. The van der Waals surface area contributed by atoms with E-state index in [0.29, 0.717) is 31.2 Å². The largest absolute Gasteiger partial charge is 0.423 e. The van der Waals surface area contributed by atoms with E-state index in [0.717, 1.165) is 17.2 Å². The average Bonchev–Trinajstić information content (AvgIpc) is 3.22. The molecule has 1 saturated heterocycles. The molecule has 1 aliphatic rings. The summed E-state index contributed by atoms with van der Waals surface area (Å²) >= 11 is 0. The van der Waals surface area contributed by atoms with Gasteiger partial charge in [-0.25, -0.2) is 9.97 Å². The predicted molar refractivity (Wildman–Crippen MR) is 91.0 cm³/mol. The number of nitrogens with zero attached hydrogens (tertiary/aromatic N) is 5. The Morgan fingerprint density at radius 3 is 2.80 bits per heavy atom. The third kappa shape index (κ3) is 3.36. The zero-order valence-corrected chi connectivity index (χ0v) is 13.9. The second-order valence-corrected chi connectivity index (χ2v) is 6.21. The molecular formula is C18H19N5O2. The SMILES string of the molecule is Cc1nnc([C@H]2C[C@@H](O)CN2c2ccnc(Cc3ccccc3)n2)o1. The smallest absolute Gasteiger partial charge is 0.238 e. The van der Waals surface area contributed by atoms with E-state index in [1.165, 1.54) is 0 Å². The number of aliphatic hydroxyl groups excluding tert-OH is 1. The Kier molecular flexibility index (Phi) is 4.15. The van der Waals surface area contributed by atoms with Gasteiger partial charge in [0.2, 0.25) is 11.8 Å². The van der Waals surface area contributed by atoms with E-state index in [9.17, 15) is 5.11 Å². The average molecular weight is 337 g/mol. The fourth-order valence-electron chi connectivity index (χ4n) is 3.16. The third-order valence-electron chi connectivity index (χ3n) is 4.30. The maximum absolute atomic E-state index is 10.1.